The summed E-state index contributed by atoms with van der Waals surface area (Å²) in [6.07, 6.45) is 0.732. The highest BCUT2D eigenvalue weighted by Gasteiger charge is 2.48. The summed E-state index contributed by atoms with van der Waals surface area (Å²) >= 11 is 0. The van der Waals surface area contributed by atoms with E-state index < -0.39 is 30.5 Å². The predicted octanol–water partition coefficient (Wildman–Crippen LogP) is 2.51. The van der Waals surface area contributed by atoms with Crippen LogP contribution in [0.15, 0.2) is 29.2 Å². The van der Waals surface area contributed by atoms with Crippen LogP contribution in [0.3, 0.4) is 0 Å². The Labute approximate surface area is 145 Å². The first-order valence-corrected chi connectivity index (χ1v) is 10.2. The van der Waals surface area contributed by atoms with Crippen LogP contribution in [-0.2, 0) is 20.0 Å². The van der Waals surface area contributed by atoms with E-state index >= 15 is 0 Å². The van der Waals surface area contributed by atoms with Crippen molar-refractivity contribution in [1.82, 2.24) is 9.44 Å². The Bertz CT molecular complexity index is 796. The van der Waals surface area contributed by atoms with Gasteiger partial charge in [0.2, 0.25) is 0 Å². The number of alkyl halides is 3. The van der Waals surface area contributed by atoms with Crippen LogP contribution in [0.4, 0.5) is 13.2 Å². The van der Waals surface area contributed by atoms with Crippen molar-refractivity contribution in [2.24, 2.45) is 5.41 Å². The summed E-state index contributed by atoms with van der Waals surface area (Å²) in [5, 5.41) is 3.08. The second kappa shape index (κ2) is 7.22. The lowest BCUT2D eigenvalue weighted by molar-refractivity contribution is -0.0441. The third-order valence-corrected chi connectivity index (χ3v) is 6.54. The number of rotatable bonds is 6. The van der Waals surface area contributed by atoms with E-state index in [0.717, 1.165) is 24.1 Å². The Morgan fingerprint density at radius 2 is 1.48 bits per heavy atom. The van der Waals surface area contributed by atoms with Gasteiger partial charge in [-0.1, -0.05) is 37.0 Å². The van der Waals surface area contributed by atoms with Crippen molar-refractivity contribution in [2.75, 3.05) is 7.05 Å². The Morgan fingerprint density at radius 3 is 1.84 bits per heavy atom. The van der Waals surface area contributed by atoms with Gasteiger partial charge < -0.3 is 5.32 Å². The fourth-order valence-corrected chi connectivity index (χ4v) is 4.53. The first-order valence-electron chi connectivity index (χ1n) is 7.21. The largest absolute Gasteiger partial charge is 0.512 e. The van der Waals surface area contributed by atoms with Gasteiger partial charge in [-0.25, -0.2) is 16.8 Å². The van der Waals surface area contributed by atoms with Crippen LogP contribution in [0.5, 0.6) is 0 Å². The van der Waals surface area contributed by atoms with Gasteiger partial charge >= 0.3 is 15.5 Å². The van der Waals surface area contributed by atoms with E-state index in [1.54, 1.807) is 7.05 Å². The Morgan fingerprint density at radius 1 is 1.00 bits per heavy atom. The fraction of sp³-hybridized carbons (Fsp3) is 0.571. The summed E-state index contributed by atoms with van der Waals surface area (Å²) < 4.78 is 83.4. The van der Waals surface area contributed by atoms with E-state index in [1.807, 2.05) is 20.8 Å². The van der Waals surface area contributed by atoms with Gasteiger partial charge in [-0.3, -0.25) is 0 Å². The average molecular weight is 402 g/mol. The number of nitrogens with one attached hydrogen (secondary N) is 2. The van der Waals surface area contributed by atoms with Crippen LogP contribution < -0.4 is 9.44 Å². The Balaban J connectivity index is 3.10. The van der Waals surface area contributed by atoms with Crippen molar-refractivity contribution in [2.45, 2.75) is 43.6 Å². The Hall–Kier alpha value is -1.17. The zero-order valence-corrected chi connectivity index (χ0v) is 15.8. The summed E-state index contributed by atoms with van der Waals surface area (Å²) in [6, 6.07) is 4.90. The molecule has 2 N–H and O–H groups in total. The van der Waals surface area contributed by atoms with Crippen molar-refractivity contribution in [3.8, 4) is 0 Å². The topological polar surface area (TPSA) is 92.3 Å². The molecule has 1 rings (SSSR count). The molecule has 1 aromatic carbocycles. The van der Waals surface area contributed by atoms with E-state index in [-0.39, 0.29) is 11.5 Å². The van der Waals surface area contributed by atoms with Gasteiger partial charge in [-0.15, -0.1) is 0 Å². The van der Waals surface area contributed by atoms with Crippen LogP contribution in [0.1, 0.15) is 38.8 Å². The summed E-state index contributed by atoms with van der Waals surface area (Å²) in [5.41, 5.74) is -5.00. The zero-order valence-electron chi connectivity index (χ0n) is 14.2. The van der Waals surface area contributed by atoms with Gasteiger partial charge in [0.25, 0.3) is 10.0 Å². The standard InChI is InChI=1S/C14H21F3N2O4S2/c1-13(2,3)9-12(18-4)10-5-7-11(8-6-10)24(20,21)19-25(22,23)14(15,16)17/h5-8,12,18-19H,9H2,1-4H3. The van der Waals surface area contributed by atoms with Crippen molar-refractivity contribution < 1.29 is 30.0 Å². The molecule has 1 unspecified atom stereocenters. The Kier molecular flexibility index (Phi) is 6.31. The maximum absolute atomic E-state index is 12.3. The lowest BCUT2D eigenvalue weighted by atomic mass is 9.85. The fourth-order valence-electron chi connectivity index (χ4n) is 2.12. The van der Waals surface area contributed by atoms with Gasteiger partial charge in [0.1, 0.15) is 0 Å². The second-order valence-electron chi connectivity index (χ2n) is 6.71. The van der Waals surface area contributed by atoms with E-state index in [1.165, 1.54) is 12.1 Å². The number of benzene rings is 1. The van der Waals surface area contributed by atoms with E-state index in [2.05, 4.69) is 5.32 Å². The summed E-state index contributed by atoms with van der Waals surface area (Å²) in [6.45, 7) is 6.09. The highest BCUT2D eigenvalue weighted by molar-refractivity contribution is 8.05. The molecule has 144 valence electrons. The van der Waals surface area contributed by atoms with Gasteiger partial charge in [0, 0.05) is 6.04 Å². The highest BCUT2D eigenvalue weighted by atomic mass is 32.3. The summed E-state index contributed by atoms with van der Waals surface area (Å²) in [4.78, 5) is -0.574. The van der Waals surface area contributed by atoms with Gasteiger partial charge in [0.15, 0.2) is 0 Å². The van der Waals surface area contributed by atoms with Crippen molar-refractivity contribution in [3.63, 3.8) is 0 Å². The van der Waals surface area contributed by atoms with Crippen molar-refractivity contribution >= 4 is 20.0 Å². The first kappa shape index (κ1) is 21.9. The molecule has 11 heteroatoms. The molecule has 25 heavy (non-hydrogen) atoms. The van der Waals surface area contributed by atoms with Crippen molar-refractivity contribution in [3.05, 3.63) is 29.8 Å². The first-order chi connectivity index (χ1) is 11.1. The minimum absolute atomic E-state index is 0.0131. The molecule has 0 saturated heterocycles. The molecule has 0 aliphatic heterocycles. The number of hydrogen-bond donors (Lipinski definition) is 2. The minimum Gasteiger partial charge on any atom is -0.313 e. The molecule has 0 radical (unpaired) electrons. The molecule has 1 atom stereocenters. The normalized spacial score (nSPS) is 15.2. The van der Waals surface area contributed by atoms with Gasteiger partial charge in [-0.2, -0.15) is 13.2 Å². The van der Waals surface area contributed by atoms with Crippen LogP contribution >= 0.6 is 0 Å². The average Bonchev–Trinajstić information content (AvgIpc) is 2.41. The molecule has 1 aromatic rings. The van der Waals surface area contributed by atoms with E-state index in [9.17, 15) is 30.0 Å². The van der Waals surface area contributed by atoms with E-state index in [0.29, 0.717) is 4.13 Å². The molecule has 0 aliphatic rings. The van der Waals surface area contributed by atoms with Gasteiger partial charge in [-0.05, 0) is 36.6 Å². The smallest absolute Gasteiger partial charge is 0.313 e. The molecular weight excluding hydrogens is 381 g/mol. The molecule has 0 spiro atoms. The predicted molar refractivity (Wildman–Crippen MR) is 87.6 cm³/mol. The SMILES string of the molecule is CNC(CC(C)(C)C)c1ccc(S(=O)(=O)NS(=O)(=O)C(F)(F)F)cc1. The van der Waals surface area contributed by atoms with Crippen LogP contribution in [-0.4, -0.2) is 29.4 Å². The molecule has 0 amide bonds. The molecule has 0 aliphatic carbocycles. The lowest BCUT2D eigenvalue weighted by Gasteiger charge is -2.26. The van der Waals surface area contributed by atoms with Crippen LogP contribution in [0.2, 0.25) is 0 Å². The van der Waals surface area contributed by atoms with Crippen molar-refractivity contribution in [1.29, 1.82) is 0 Å². The third-order valence-electron chi connectivity index (χ3n) is 3.28. The van der Waals surface area contributed by atoms with E-state index in [4.69, 9.17) is 0 Å². The maximum atomic E-state index is 12.3. The third kappa shape index (κ3) is 5.94. The molecule has 0 bridgehead atoms. The van der Waals surface area contributed by atoms with Crippen LogP contribution in [0.25, 0.3) is 0 Å². The summed E-state index contributed by atoms with van der Waals surface area (Å²) in [7, 11) is -9.14. The van der Waals surface area contributed by atoms with Crippen LogP contribution in [0, 0.1) is 5.41 Å². The lowest BCUT2D eigenvalue weighted by Crippen LogP contribution is -2.40. The number of sulfonamides is 2. The highest BCUT2D eigenvalue weighted by Crippen LogP contribution is 2.30. The minimum atomic E-state index is -6.01. The maximum Gasteiger partial charge on any atom is 0.512 e. The molecule has 0 aromatic heterocycles. The molecule has 0 saturated carbocycles. The number of halogens is 3. The monoisotopic (exact) mass is 402 g/mol. The quantitative estimate of drug-likeness (QED) is 0.763. The molecule has 0 fully saturated rings. The second-order valence-corrected chi connectivity index (χ2v) is 10.3. The zero-order chi connectivity index (χ0) is 19.7. The number of hydrogen-bond acceptors (Lipinski definition) is 5. The molecule has 6 nitrogen and oxygen atoms in total. The molecular formula is C14H21F3N2O4S2. The summed E-state index contributed by atoms with van der Waals surface area (Å²) in [5.74, 6) is 0. The van der Waals surface area contributed by atoms with Gasteiger partial charge in [0.05, 0.1) is 4.90 Å². The molecule has 0 heterocycles.